The van der Waals surface area contributed by atoms with E-state index >= 15 is 0 Å². The summed E-state index contributed by atoms with van der Waals surface area (Å²) in [5.41, 5.74) is 0. The molecule has 1 radical (unpaired) electrons. The first-order valence-corrected chi connectivity index (χ1v) is 15.5. The summed E-state index contributed by atoms with van der Waals surface area (Å²) in [6.07, 6.45) is 4.21. The van der Waals surface area contributed by atoms with Crippen molar-refractivity contribution in [1.29, 1.82) is 0 Å². The van der Waals surface area contributed by atoms with E-state index in [-0.39, 0.29) is 13.2 Å². The summed E-state index contributed by atoms with van der Waals surface area (Å²) in [5.74, 6) is -0.465. The molecule has 0 aromatic carbocycles. The van der Waals surface area contributed by atoms with Crippen LogP contribution >= 0.6 is 0 Å². The van der Waals surface area contributed by atoms with Crippen molar-refractivity contribution in [2.75, 3.05) is 19.8 Å². The summed E-state index contributed by atoms with van der Waals surface area (Å²) >= 11 is 0. The minimum atomic E-state index is -1.71. The van der Waals surface area contributed by atoms with Crippen LogP contribution in [-0.4, -0.2) is 53.6 Å². The van der Waals surface area contributed by atoms with Gasteiger partial charge in [0.25, 0.3) is 0 Å². The van der Waals surface area contributed by atoms with E-state index in [1.54, 1.807) is 13.0 Å². The molecule has 1 unspecified atom stereocenters. The highest BCUT2D eigenvalue weighted by Gasteiger charge is 2.27. The van der Waals surface area contributed by atoms with Crippen LogP contribution < -0.4 is 0 Å². The van der Waals surface area contributed by atoms with Crippen molar-refractivity contribution in [3.8, 4) is 0 Å². The van der Waals surface area contributed by atoms with E-state index in [1.165, 1.54) is 6.08 Å². The Bertz CT molecular complexity index is 385. The smallest absolute Gasteiger partial charge is 0.330 e. The third-order valence-electron chi connectivity index (χ3n) is 2.54. The fourth-order valence-corrected chi connectivity index (χ4v) is 3.49. The largest absolute Gasteiger partial charge is 0.460 e. The van der Waals surface area contributed by atoms with E-state index in [2.05, 4.69) is 39.3 Å². The molecule has 0 saturated carbocycles. The number of ether oxygens (including phenoxy) is 2. The summed E-state index contributed by atoms with van der Waals surface area (Å²) < 4.78 is 22.4. The summed E-state index contributed by atoms with van der Waals surface area (Å²) in [7, 11) is -3.42. The highest BCUT2D eigenvalue weighted by atomic mass is 28.4. The summed E-state index contributed by atoms with van der Waals surface area (Å²) in [6, 6.07) is 0. The molecule has 0 fully saturated rings. The second-order valence-electron chi connectivity index (χ2n) is 7.76. The Kier molecular flexibility index (Phi) is 11.7. The van der Waals surface area contributed by atoms with Gasteiger partial charge in [0, 0.05) is 19.1 Å². The highest BCUT2D eigenvalue weighted by molar-refractivity contribution is 6.71. The van der Waals surface area contributed by atoms with Gasteiger partial charge in [0.1, 0.15) is 12.7 Å². The van der Waals surface area contributed by atoms with E-state index in [4.69, 9.17) is 18.3 Å². The molecule has 1 N–H and O–H groups in total. The minimum Gasteiger partial charge on any atom is -0.460 e. The van der Waals surface area contributed by atoms with Crippen LogP contribution in [0.1, 0.15) is 19.8 Å². The topological polar surface area (TPSA) is 74.2 Å². The first-order chi connectivity index (χ1) is 11.4. The number of aliphatic hydroxyl groups excluding tert-OH is 1. The number of aliphatic hydroxyl groups is 1. The highest BCUT2D eigenvalue weighted by Crippen LogP contribution is 2.23. The van der Waals surface area contributed by atoms with Gasteiger partial charge in [0.15, 0.2) is 16.6 Å². The van der Waals surface area contributed by atoms with Gasteiger partial charge >= 0.3 is 5.97 Å². The predicted octanol–water partition coefficient (Wildman–Crippen LogP) is 3.46. The first-order valence-electron chi connectivity index (χ1n) is 8.72. The lowest BCUT2D eigenvalue weighted by Gasteiger charge is -2.30. The Balaban J connectivity index is 4.02. The van der Waals surface area contributed by atoms with Gasteiger partial charge in [0.2, 0.25) is 6.29 Å². The molecule has 0 rings (SSSR count). The van der Waals surface area contributed by atoms with E-state index in [1.807, 2.05) is 0 Å². The maximum Gasteiger partial charge on any atom is 0.330 e. The van der Waals surface area contributed by atoms with Gasteiger partial charge in [-0.25, -0.2) is 4.79 Å². The number of carbonyl (C=O) groups excluding carboxylic acids is 1. The number of hydrogen-bond acceptors (Lipinski definition) is 6. The van der Waals surface area contributed by atoms with E-state index < -0.39 is 28.7 Å². The van der Waals surface area contributed by atoms with Gasteiger partial charge in [-0.2, -0.15) is 0 Å². The number of rotatable bonds is 13. The van der Waals surface area contributed by atoms with Gasteiger partial charge < -0.3 is 23.4 Å². The fourth-order valence-electron chi connectivity index (χ4n) is 1.75. The quantitative estimate of drug-likeness (QED) is 0.224. The maximum absolute atomic E-state index is 11.1. The van der Waals surface area contributed by atoms with Crippen molar-refractivity contribution in [3.63, 3.8) is 0 Å². The van der Waals surface area contributed by atoms with Crippen LogP contribution in [0.2, 0.25) is 39.3 Å². The average Bonchev–Trinajstić information content (AvgIpc) is 2.41. The van der Waals surface area contributed by atoms with E-state index in [9.17, 15) is 9.90 Å². The molecule has 0 saturated heterocycles. The Morgan fingerprint density at radius 1 is 1.04 bits per heavy atom. The van der Waals surface area contributed by atoms with Gasteiger partial charge in [-0.1, -0.05) is 6.08 Å². The Morgan fingerprint density at radius 3 is 2.08 bits per heavy atom. The molecule has 0 aromatic rings. The van der Waals surface area contributed by atoms with Crippen molar-refractivity contribution in [2.45, 2.75) is 65.2 Å². The first kappa shape index (κ1) is 24.5. The predicted molar refractivity (Wildman–Crippen MR) is 104 cm³/mol. The van der Waals surface area contributed by atoms with Crippen molar-refractivity contribution in [1.82, 2.24) is 0 Å². The van der Waals surface area contributed by atoms with Gasteiger partial charge in [-0.05, 0) is 52.6 Å². The second-order valence-corrected chi connectivity index (χ2v) is 16.6. The molecule has 0 heterocycles. The SMILES string of the molecule is CC=CC(=O)OCC(O)COCCC[C](O[Si](C)(C)C)O[Si](C)(C)C. The average molecular weight is 392 g/mol. The van der Waals surface area contributed by atoms with Crippen molar-refractivity contribution >= 4 is 22.6 Å². The monoisotopic (exact) mass is 391 g/mol. The molecule has 0 aliphatic rings. The lowest BCUT2D eigenvalue weighted by molar-refractivity contribution is -0.141. The molecular weight excluding hydrogens is 356 g/mol. The molecule has 0 aliphatic heterocycles. The summed E-state index contributed by atoms with van der Waals surface area (Å²) in [4.78, 5) is 11.1. The lowest BCUT2D eigenvalue weighted by Crippen LogP contribution is -2.35. The van der Waals surface area contributed by atoms with Crippen LogP contribution in [0.5, 0.6) is 0 Å². The molecule has 0 amide bonds. The van der Waals surface area contributed by atoms with Crippen LogP contribution in [0, 0.1) is 6.29 Å². The standard InChI is InChI=1S/C17H35O6Si2/c1-8-10-16(19)21-14-15(18)13-20-12-9-11-17(22-24(2,3)4)23-25(5,6)7/h8,10,15,18H,9,11-14H2,1-7H3. The molecule has 8 heteroatoms. The molecule has 6 nitrogen and oxygen atoms in total. The molecule has 0 bridgehead atoms. The minimum absolute atomic E-state index is 0.0714. The van der Waals surface area contributed by atoms with Crippen molar-refractivity contribution in [2.24, 2.45) is 0 Å². The van der Waals surface area contributed by atoms with Crippen molar-refractivity contribution < 1.29 is 28.2 Å². The fraction of sp³-hybridized carbons (Fsp3) is 0.765. The molecule has 25 heavy (non-hydrogen) atoms. The third-order valence-corrected chi connectivity index (χ3v) is 4.22. The zero-order chi connectivity index (χ0) is 19.5. The van der Waals surface area contributed by atoms with Crippen LogP contribution in [0.25, 0.3) is 0 Å². The number of carbonyl (C=O) groups is 1. The molecular formula is C17H35O6Si2. The van der Waals surface area contributed by atoms with Crippen LogP contribution in [0.15, 0.2) is 12.2 Å². The molecule has 147 valence electrons. The van der Waals surface area contributed by atoms with Crippen molar-refractivity contribution in [3.05, 3.63) is 18.4 Å². The molecule has 1 atom stereocenters. The van der Waals surface area contributed by atoms with Crippen LogP contribution in [-0.2, 0) is 23.1 Å². The molecule has 0 aromatic heterocycles. The lowest BCUT2D eigenvalue weighted by atomic mass is 10.3. The van der Waals surface area contributed by atoms with Gasteiger partial charge in [-0.15, -0.1) is 0 Å². The number of esters is 1. The molecule has 0 aliphatic carbocycles. The van der Waals surface area contributed by atoms with E-state index in [0.717, 1.165) is 6.42 Å². The Morgan fingerprint density at radius 2 is 1.60 bits per heavy atom. The van der Waals surface area contributed by atoms with Gasteiger partial charge in [-0.3, -0.25) is 0 Å². The number of hydrogen-bond donors (Lipinski definition) is 1. The zero-order valence-electron chi connectivity index (χ0n) is 16.8. The van der Waals surface area contributed by atoms with Gasteiger partial charge in [0.05, 0.1) is 6.61 Å². The van der Waals surface area contributed by atoms with E-state index in [0.29, 0.717) is 19.3 Å². The number of allylic oxidation sites excluding steroid dienone is 1. The van der Waals surface area contributed by atoms with Crippen LogP contribution in [0.4, 0.5) is 0 Å². The maximum atomic E-state index is 11.1. The normalized spacial score (nSPS) is 14.3. The Labute approximate surface area is 154 Å². The summed E-state index contributed by atoms with van der Waals surface area (Å²) in [6.45, 7) is 15.0. The second kappa shape index (κ2) is 12.0. The summed E-state index contributed by atoms with van der Waals surface area (Å²) in [5, 5.41) is 9.71. The van der Waals surface area contributed by atoms with Crippen LogP contribution in [0.3, 0.4) is 0 Å². The zero-order valence-corrected chi connectivity index (χ0v) is 18.8. The molecule has 0 spiro atoms. The Hall–Kier alpha value is -0.516. The third kappa shape index (κ3) is 16.7.